The molecule has 0 fully saturated rings. The smallest absolute Gasteiger partial charge is 0.453 e. The highest BCUT2D eigenvalue weighted by Gasteiger charge is 2.37. The van der Waals surface area contributed by atoms with Crippen molar-refractivity contribution in [3.63, 3.8) is 0 Å². The number of pyridine rings is 1. The van der Waals surface area contributed by atoms with Gasteiger partial charge in [-0.25, -0.2) is 9.67 Å². The maximum absolute atomic E-state index is 13.3. The molecule has 0 aliphatic heterocycles. The van der Waals surface area contributed by atoms with E-state index in [9.17, 15) is 13.2 Å². The molecule has 0 saturated heterocycles. The van der Waals surface area contributed by atoms with Crippen LogP contribution >= 0.6 is 0 Å². The lowest BCUT2D eigenvalue weighted by molar-refractivity contribution is -0.145. The van der Waals surface area contributed by atoms with E-state index in [1.807, 2.05) is 54.6 Å². The number of rotatable bonds is 10. The Balaban J connectivity index is 1.46. The van der Waals surface area contributed by atoms with E-state index in [0.717, 1.165) is 27.6 Å². The van der Waals surface area contributed by atoms with Gasteiger partial charge in [-0.2, -0.15) is 13.2 Å². The van der Waals surface area contributed by atoms with Gasteiger partial charge in [0.05, 0.1) is 5.69 Å². The van der Waals surface area contributed by atoms with E-state index >= 15 is 0 Å². The van der Waals surface area contributed by atoms with Gasteiger partial charge in [-0.15, -0.1) is 5.10 Å². The summed E-state index contributed by atoms with van der Waals surface area (Å²) in [5.74, 6) is -0.415. The van der Waals surface area contributed by atoms with Gasteiger partial charge in [0.2, 0.25) is 0 Å². The summed E-state index contributed by atoms with van der Waals surface area (Å²) >= 11 is 0. The summed E-state index contributed by atoms with van der Waals surface area (Å²) in [7, 11) is -1.33. The fraction of sp³-hybridized carbons (Fsp3) is 0.296. The zero-order valence-corrected chi connectivity index (χ0v) is 22.0. The Hall–Kier alpha value is -3.50. The molecule has 0 unspecified atom stereocenters. The zero-order valence-electron chi connectivity index (χ0n) is 21.0. The summed E-state index contributed by atoms with van der Waals surface area (Å²) in [5, 5.41) is 3.65. The van der Waals surface area contributed by atoms with Crippen molar-refractivity contribution in [1.29, 1.82) is 0 Å². The van der Waals surface area contributed by atoms with Gasteiger partial charge >= 0.3 is 6.18 Å². The Morgan fingerprint density at radius 1 is 0.892 bits per heavy atom. The molecule has 0 aliphatic rings. The molecule has 194 valence electrons. The number of halogens is 3. The molecule has 0 radical (unpaired) electrons. The van der Waals surface area contributed by atoms with E-state index < -0.39 is 20.1 Å². The van der Waals surface area contributed by atoms with E-state index in [1.54, 1.807) is 12.1 Å². The van der Waals surface area contributed by atoms with Crippen molar-refractivity contribution in [3.05, 3.63) is 84.3 Å². The van der Waals surface area contributed by atoms with Crippen LogP contribution in [0.15, 0.2) is 72.9 Å². The quantitative estimate of drug-likeness (QED) is 0.166. The van der Waals surface area contributed by atoms with Gasteiger partial charge in [-0.1, -0.05) is 50.0 Å². The van der Waals surface area contributed by atoms with Crippen molar-refractivity contribution in [3.8, 4) is 28.4 Å². The lowest BCUT2D eigenvalue weighted by Crippen LogP contribution is -2.22. The molecule has 0 N–H and O–H groups in total. The van der Waals surface area contributed by atoms with Crippen LogP contribution in [0.2, 0.25) is 25.7 Å². The lowest BCUT2D eigenvalue weighted by Gasteiger charge is -2.15. The number of hydrogen-bond acceptors (Lipinski definition) is 5. The summed E-state index contributed by atoms with van der Waals surface area (Å²) < 4.78 is 52.5. The number of nitrogens with zero attached hydrogens (tertiary/aromatic N) is 4. The van der Waals surface area contributed by atoms with Crippen molar-refractivity contribution in [2.75, 3.05) is 6.61 Å². The molecular weight excluding hydrogens is 497 g/mol. The molecule has 0 aliphatic carbocycles. The highest BCUT2D eigenvalue weighted by Crippen LogP contribution is 2.30. The van der Waals surface area contributed by atoms with Crippen LogP contribution in [-0.4, -0.2) is 34.4 Å². The van der Waals surface area contributed by atoms with Crippen LogP contribution in [0.4, 0.5) is 13.2 Å². The number of aromatic nitrogens is 4. The highest BCUT2D eigenvalue weighted by atomic mass is 28.3. The van der Waals surface area contributed by atoms with Crippen LogP contribution in [-0.2, 0) is 24.3 Å². The summed E-state index contributed by atoms with van der Waals surface area (Å²) in [5.41, 5.74) is 3.02. The third-order valence-corrected chi connectivity index (χ3v) is 7.26. The first kappa shape index (κ1) is 26.6. The lowest BCUT2D eigenvalue weighted by atomic mass is 10.1. The first-order valence-corrected chi connectivity index (χ1v) is 15.6. The van der Waals surface area contributed by atoms with Crippen LogP contribution in [0.25, 0.3) is 22.6 Å². The van der Waals surface area contributed by atoms with Gasteiger partial charge in [0, 0.05) is 32.0 Å². The first-order valence-electron chi connectivity index (χ1n) is 11.9. The Labute approximate surface area is 215 Å². The molecule has 4 rings (SSSR count). The number of hydrogen-bond donors (Lipinski definition) is 0. The monoisotopic (exact) mass is 526 g/mol. The van der Waals surface area contributed by atoms with Crippen molar-refractivity contribution in [2.24, 2.45) is 0 Å². The van der Waals surface area contributed by atoms with Gasteiger partial charge in [0.15, 0.2) is 5.82 Å². The summed E-state index contributed by atoms with van der Waals surface area (Å²) in [6.45, 7) is 7.43. The molecule has 0 atom stereocenters. The molecular formula is C27H29F3N4O2Si. The summed E-state index contributed by atoms with van der Waals surface area (Å²) in [6.07, 6.45) is -3.16. The van der Waals surface area contributed by atoms with E-state index in [4.69, 9.17) is 9.47 Å². The SMILES string of the molecule is C[Si](C)(C)CCOCn1nc(C(F)(F)F)nc1-c1ccc(-c2ccc(OCc3ccccc3)cc2)nc1. The minimum Gasteiger partial charge on any atom is -0.489 e. The van der Waals surface area contributed by atoms with E-state index in [2.05, 4.69) is 34.7 Å². The minimum absolute atomic E-state index is 0.0593. The van der Waals surface area contributed by atoms with Crippen molar-refractivity contribution in [1.82, 2.24) is 19.7 Å². The Morgan fingerprint density at radius 3 is 2.22 bits per heavy atom. The molecule has 0 saturated carbocycles. The summed E-state index contributed by atoms with van der Waals surface area (Å²) in [6, 6.07) is 21.7. The number of ether oxygens (including phenoxy) is 2. The predicted molar refractivity (Wildman–Crippen MR) is 139 cm³/mol. The first-order chi connectivity index (χ1) is 17.6. The van der Waals surface area contributed by atoms with Gasteiger partial charge in [-0.05, 0) is 48.0 Å². The average Bonchev–Trinajstić information content (AvgIpc) is 3.31. The fourth-order valence-electron chi connectivity index (χ4n) is 3.45. The normalized spacial score (nSPS) is 12.1. The second-order valence-corrected chi connectivity index (χ2v) is 15.5. The van der Waals surface area contributed by atoms with Crippen LogP contribution in [0.1, 0.15) is 11.4 Å². The maximum atomic E-state index is 13.3. The Morgan fingerprint density at radius 2 is 1.59 bits per heavy atom. The predicted octanol–water partition coefficient (Wildman–Crippen LogP) is 6.92. The van der Waals surface area contributed by atoms with Crippen molar-refractivity contribution in [2.45, 2.75) is 45.2 Å². The largest absolute Gasteiger partial charge is 0.489 e. The standard InChI is InChI=1S/C27H29F3N4O2Si/c1-37(2,3)16-15-35-19-34-25(32-26(33-34)27(28,29)30)22-11-14-24(31-17-22)21-9-12-23(13-10-21)36-18-20-7-5-4-6-8-20/h4-14,17H,15-16,18-19H2,1-3H3. The van der Waals surface area contributed by atoms with Crippen molar-refractivity contribution >= 4 is 8.07 Å². The number of benzene rings is 2. The molecule has 6 nitrogen and oxygen atoms in total. The minimum atomic E-state index is -4.66. The number of alkyl halides is 3. The molecule has 37 heavy (non-hydrogen) atoms. The van der Waals surface area contributed by atoms with Crippen molar-refractivity contribution < 1.29 is 22.6 Å². The summed E-state index contributed by atoms with van der Waals surface area (Å²) in [4.78, 5) is 8.19. The highest BCUT2D eigenvalue weighted by molar-refractivity contribution is 6.76. The van der Waals surface area contributed by atoms with Crippen LogP contribution in [0, 0.1) is 0 Å². The van der Waals surface area contributed by atoms with Crippen LogP contribution in [0.5, 0.6) is 5.75 Å². The molecule has 0 bridgehead atoms. The van der Waals surface area contributed by atoms with Gasteiger partial charge in [0.1, 0.15) is 19.1 Å². The second-order valence-electron chi connectivity index (χ2n) is 9.84. The average molecular weight is 527 g/mol. The third-order valence-electron chi connectivity index (χ3n) is 5.56. The second kappa shape index (κ2) is 11.3. The van der Waals surface area contributed by atoms with Crippen LogP contribution in [0.3, 0.4) is 0 Å². The molecule has 2 aromatic heterocycles. The molecule has 0 spiro atoms. The molecule has 10 heteroatoms. The Kier molecular flexibility index (Phi) is 8.09. The zero-order chi connectivity index (χ0) is 26.5. The van der Waals surface area contributed by atoms with E-state index in [-0.39, 0.29) is 12.6 Å². The maximum Gasteiger partial charge on any atom is 0.453 e. The van der Waals surface area contributed by atoms with E-state index in [0.29, 0.717) is 24.5 Å². The topological polar surface area (TPSA) is 62.1 Å². The third kappa shape index (κ3) is 7.50. The van der Waals surface area contributed by atoms with Gasteiger partial charge in [0.25, 0.3) is 5.82 Å². The molecule has 2 heterocycles. The van der Waals surface area contributed by atoms with Crippen LogP contribution < -0.4 is 4.74 Å². The molecule has 0 amide bonds. The van der Waals surface area contributed by atoms with Gasteiger partial charge in [-0.3, -0.25) is 4.98 Å². The Bertz CT molecular complexity index is 1290. The van der Waals surface area contributed by atoms with E-state index in [1.165, 1.54) is 6.20 Å². The fourth-order valence-corrected chi connectivity index (χ4v) is 4.21. The molecule has 2 aromatic carbocycles. The molecule has 4 aromatic rings. The van der Waals surface area contributed by atoms with Gasteiger partial charge < -0.3 is 9.47 Å².